The van der Waals surface area contributed by atoms with Crippen LogP contribution in [-0.2, 0) is 10.0 Å². The lowest BCUT2D eigenvalue weighted by molar-refractivity contribution is 0.285. The fourth-order valence-corrected chi connectivity index (χ4v) is 3.20. The van der Waals surface area contributed by atoms with Crippen LogP contribution in [0.25, 0.3) is 0 Å². The van der Waals surface area contributed by atoms with Crippen LogP contribution in [0.4, 0.5) is 4.39 Å². The molecule has 1 rings (SSSR count). The van der Waals surface area contributed by atoms with Crippen LogP contribution in [0.2, 0.25) is 0 Å². The molecule has 0 heterocycles. The van der Waals surface area contributed by atoms with Crippen molar-refractivity contribution in [2.45, 2.75) is 6.92 Å². The highest BCUT2D eigenvalue weighted by atomic mass is 35.5. The predicted molar refractivity (Wildman–Crippen MR) is 78.2 cm³/mol. The molecule has 0 N–H and O–H groups in total. The Labute approximate surface area is 124 Å². The molecule has 114 valence electrons. The van der Waals surface area contributed by atoms with E-state index in [0.29, 0.717) is 11.6 Å². The topological polar surface area (TPSA) is 46.6 Å². The summed E-state index contributed by atoms with van der Waals surface area (Å²) in [5.74, 6) is 0.192. The second-order valence-corrected chi connectivity index (χ2v) is 7.09. The average molecular weight is 324 g/mol. The Morgan fingerprint density at radius 3 is 2.75 bits per heavy atom. The smallest absolute Gasteiger partial charge is 0.214 e. The predicted octanol–water partition coefficient (Wildman–Crippen LogP) is 2.34. The number of hydrogen-bond acceptors (Lipinski definition) is 3. The van der Waals surface area contributed by atoms with Gasteiger partial charge in [-0.3, -0.25) is 0 Å². The fourth-order valence-electron chi connectivity index (χ4n) is 1.52. The van der Waals surface area contributed by atoms with Crippen LogP contribution >= 0.6 is 11.6 Å². The first kappa shape index (κ1) is 17.2. The van der Waals surface area contributed by atoms with Gasteiger partial charge < -0.3 is 4.74 Å². The number of hydrogen-bond donors (Lipinski definition) is 0. The van der Waals surface area contributed by atoms with Crippen molar-refractivity contribution >= 4 is 21.6 Å². The fraction of sp³-hybridized carbons (Fsp3) is 0.538. The molecule has 20 heavy (non-hydrogen) atoms. The first-order valence-electron chi connectivity index (χ1n) is 6.23. The van der Waals surface area contributed by atoms with Gasteiger partial charge in [-0.1, -0.05) is 13.0 Å². The molecule has 0 aliphatic rings. The maximum atomic E-state index is 12.9. The minimum Gasteiger partial charge on any atom is -0.492 e. The van der Waals surface area contributed by atoms with E-state index in [-0.39, 0.29) is 30.6 Å². The average Bonchev–Trinajstić information content (AvgIpc) is 2.38. The second-order valence-electron chi connectivity index (χ2n) is 4.67. The van der Waals surface area contributed by atoms with Gasteiger partial charge >= 0.3 is 0 Å². The van der Waals surface area contributed by atoms with Crippen LogP contribution < -0.4 is 4.74 Å². The van der Waals surface area contributed by atoms with Crippen molar-refractivity contribution in [1.29, 1.82) is 0 Å². The Morgan fingerprint density at radius 2 is 2.15 bits per heavy atom. The van der Waals surface area contributed by atoms with Crippen LogP contribution in [-0.4, -0.2) is 44.6 Å². The minimum atomic E-state index is -3.34. The van der Waals surface area contributed by atoms with Crippen molar-refractivity contribution in [3.05, 3.63) is 30.1 Å². The van der Waals surface area contributed by atoms with Crippen molar-refractivity contribution in [3.63, 3.8) is 0 Å². The third-order valence-electron chi connectivity index (χ3n) is 2.70. The molecule has 0 bridgehead atoms. The van der Waals surface area contributed by atoms with Crippen molar-refractivity contribution in [2.24, 2.45) is 5.92 Å². The van der Waals surface area contributed by atoms with Crippen LogP contribution in [0.5, 0.6) is 5.75 Å². The third kappa shape index (κ3) is 5.64. The van der Waals surface area contributed by atoms with E-state index in [1.54, 1.807) is 13.0 Å². The van der Waals surface area contributed by atoms with E-state index >= 15 is 0 Å². The van der Waals surface area contributed by atoms with Gasteiger partial charge in [-0.2, -0.15) is 0 Å². The molecule has 4 nitrogen and oxygen atoms in total. The Morgan fingerprint density at radius 1 is 1.45 bits per heavy atom. The maximum absolute atomic E-state index is 12.9. The lowest BCUT2D eigenvalue weighted by Crippen LogP contribution is -2.34. The lowest BCUT2D eigenvalue weighted by atomic mass is 10.3. The number of alkyl halides is 1. The summed E-state index contributed by atoms with van der Waals surface area (Å²) in [6.45, 7) is 2.14. The molecular formula is C13H19ClFNO3S. The van der Waals surface area contributed by atoms with Gasteiger partial charge in [0.05, 0.1) is 5.75 Å². The van der Waals surface area contributed by atoms with Crippen LogP contribution in [0.15, 0.2) is 24.3 Å². The van der Waals surface area contributed by atoms with E-state index in [2.05, 4.69) is 0 Å². The molecule has 0 spiro atoms. The molecule has 1 aromatic rings. The van der Waals surface area contributed by atoms with E-state index < -0.39 is 10.0 Å². The molecule has 0 amide bonds. The van der Waals surface area contributed by atoms with Gasteiger partial charge in [0.15, 0.2) is 0 Å². The SMILES string of the molecule is CC(CCl)CS(=O)(=O)N(C)CCOc1cccc(F)c1. The van der Waals surface area contributed by atoms with Crippen LogP contribution in [0, 0.1) is 11.7 Å². The molecule has 1 unspecified atom stereocenters. The summed E-state index contributed by atoms with van der Waals surface area (Å²) in [6.07, 6.45) is 0. The van der Waals surface area contributed by atoms with Gasteiger partial charge in [-0.05, 0) is 18.1 Å². The Bertz CT molecular complexity index is 524. The first-order chi connectivity index (χ1) is 9.35. The summed E-state index contributed by atoms with van der Waals surface area (Å²) in [7, 11) is -1.85. The molecule has 0 saturated heterocycles. The van der Waals surface area contributed by atoms with Crippen molar-refractivity contribution < 1.29 is 17.5 Å². The van der Waals surface area contributed by atoms with Gasteiger partial charge in [-0.25, -0.2) is 17.1 Å². The normalized spacial score (nSPS) is 13.4. The first-order valence-corrected chi connectivity index (χ1v) is 8.38. The van der Waals surface area contributed by atoms with Crippen molar-refractivity contribution in [2.75, 3.05) is 31.8 Å². The Balaban J connectivity index is 2.45. The van der Waals surface area contributed by atoms with Gasteiger partial charge in [0.2, 0.25) is 10.0 Å². The lowest BCUT2D eigenvalue weighted by Gasteiger charge is -2.19. The van der Waals surface area contributed by atoms with Crippen molar-refractivity contribution in [3.8, 4) is 5.75 Å². The quantitative estimate of drug-likeness (QED) is 0.690. The van der Waals surface area contributed by atoms with Gasteiger partial charge in [0.1, 0.15) is 18.2 Å². The van der Waals surface area contributed by atoms with Crippen LogP contribution in [0.1, 0.15) is 6.92 Å². The summed E-state index contributed by atoms with van der Waals surface area (Å²) in [4.78, 5) is 0. The zero-order valence-corrected chi connectivity index (χ0v) is 13.1. The Kier molecular flexibility index (Phi) is 6.71. The largest absolute Gasteiger partial charge is 0.492 e. The maximum Gasteiger partial charge on any atom is 0.214 e. The monoisotopic (exact) mass is 323 g/mol. The number of benzene rings is 1. The van der Waals surface area contributed by atoms with Crippen molar-refractivity contribution in [1.82, 2.24) is 4.31 Å². The second kappa shape index (κ2) is 7.81. The summed E-state index contributed by atoms with van der Waals surface area (Å²) in [6, 6.07) is 5.72. The molecule has 0 radical (unpaired) electrons. The molecule has 0 fully saturated rings. The summed E-state index contributed by atoms with van der Waals surface area (Å²) < 4.78 is 43.4. The minimum absolute atomic E-state index is 0.00691. The molecule has 0 saturated carbocycles. The zero-order chi connectivity index (χ0) is 15.2. The van der Waals surface area contributed by atoms with E-state index in [1.807, 2.05) is 0 Å². The summed E-state index contributed by atoms with van der Waals surface area (Å²) >= 11 is 5.62. The molecule has 0 aromatic heterocycles. The number of ether oxygens (including phenoxy) is 1. The highest BCUT2D eigenvalue weighted by Gasteiger charge is 2.20. The van der Waals surface area contributed by atoms with Gasteiger partial charge in [0.25, 0.3) is 0 Å². The van der Waals surface area contributed by atoms with E-state index in [0.717, 1.165) is 0 Å². The highest BCUT2D eigenvalue weighted by molar-refractivity contribution is 7.89. The van der Waals surface area contributed by atoms with E-state index in [1.165, 1.54) is 29.6 Å². The van der Waals surface area contributed by atoms with E-state index in [4.69, 9.17) is 16.3 Å². The number of nitrogens with zero attached hydrogens (tertiary/aromatic N) is 1. The molecular weight excluding hydrogens is 305 g/mol. The number of rotatable bonds is 8. The van der Waals surface area contributed by atoms with Gasteiger partial charge in [0, 0.05) is 25.5 Å². The number of sulfonamides is 1. The number of likely N-dealkylation sites (N-methyl/N-ethyl adjacent to an activating group) is 1. The summed E-state index contributed by atoms with van der Waals surface area (Å²) in [5.41, 5.74) is 0. The molecule has 0 aliphatic heterocycles. The molecule has 0 aliphatic carbocycles. The summed E-state index contributed by atoms with van der Waals surface area (Å²) in [5, 5.41) is 0. The molecule has 7 heteroatoms. The molecule has 1 aromatic carbocycles. The van der Waals surface area contributed by atoms with E-state index in [9.17, 15) is 12.8 Å². The zero-order valence-electron chi connectivity index (χ0n) is 11.6. The highest BCUT2D eigenvalue weighted by Crippen LogP contribution is 2.12. The van der Waals surface area contributed by atoms with Gasteiger partial charge in [-0.15, -0.1) is 11.6 Å². The standard InChI is InChI=1S/C13H19ClFNO3S/c1-11(9-14)10-20(17,18)16(2)6-7-19-13-5-3-4-12(15)8-13/h3-5,8,11H,6-7,9-10H2,1-2H3. The Hall–Kier alpha value is -0.850. The molecule has 1 atom stereocenters. The number of halogens is 2. The van der Waals surface area contributed by atoms with Crippen LogP contribution in [0.3, 0.4) is 0 Å². The third-order valence-corrected chi connectivity index (χ3v) is 5.35.